The van der Waals surface area contributed by atoms with Gasteiger partial charge in [-0.3, -0.25) is 10.1 Å². The van der Waals surface area contributed by atoms with Crippen LogP contribution in [0.1, 0.15) is 31.1 Å². The minimum absolute atomic E-state index is 0.0795. The van der Waals surface area contributed by atoms with E-state index in [1.807, 2.05) is 20.8 Å². The van der Waals surface area contributed by atoms with Crippen molar-refractivity contribution in [2.45, 2.75) is 26.4 Å². The minimum Gasteiger partial charge on any atom is -0.478 e. The Bertz CT molecular complexity index is 516. The van der Waals surface area contributed by atoms with Gasteiger partial charge >= 0.3 is 5.97 Å². The highest BCUT2D eigenvalue weighted by atomic mass is 16.6. The molecular formula is C12H17N3O5. The number of ether oxygens (including phenoxy) is 1. The molecule has 8 heteroatoms. The van der Waals surface area contributed by atoms with Crippen LogP contribution in [0.5, 0.6) is 0 Å². The van der Waals surface area contributed by atoms with E-state index in [1.54, 1.807) is 0 Å². The third-order valence-corrected chi connectivity index (χ3v) is 2.53. The standard InChI is InChI=1S/C12H17N3O5/c1-4-20-12(2,3)7-14-10-9(11(16)17)5-8(6-13-10)15(18)19/h5-6H,4,7H2,1-3H3,(H,13,14)(H,16,17). The number of rotatable bonds is 7. The first kappa shape index (κ1) is 15.8. The van der Waals surface area contributed by atoms with Gasteiger partial charge in [0.25, 0.3) is 5.69 Å². The molecule has 0 aromatic carbocycles. The quantitative estimate of drug-likeness (QED) is 0.580. The van der Waals surface area contributed by atoms with Crippen LogP contribution in [0.4, 0.5) is 11.5 Å². The zero-order valence-corrected chi connectivity index (χ0v) is 11.5. The predicted molar refractivity (Wildman–Crippen MR) is 72.0 cm³/mol. The Kier molecular flexibility index (Phi) is 4.98. The Labute approximate surface area is 115 Å². The van der Waals surface area contributed by atoms with Crippen LogP contribution in [0, 0.1) is 10.1 Å². The molecule has 1 aromatic rings. The lowest BCUT2D eigenvalue weighted by atomic mass is 10.1. The molecule has 0 unspecified atom stereocenters. The normalized spacial score (nSPS) is 11.2. The molecule has 0 atom stereocenters. The molecule has 1 aromatic heterocycles. The van der Waals surface area contributed by atoms with Crippen molar-refractivity contribution in [3.8, 4) is 0 Å². The van der Waals surface area contributed by atoms with E-state index < -0.39 is 16.5 Å². The number of hydrogen-bond donors (Lipinski definition) is 2. The van der Waals surface area contributed by atoms with E-state index in [0.29, 0.717) is 13.2 Å². The number of nitrogens with one attached hydrogen (secondary N) is 1. The number of nitro groups is 1. The molecule has 1 rings (SSSR count). The van der Waals surface area contributed by atoms with Crippen LogP contribution in [0.2, 0.25) is 0 Å². The zero-order chi connectivity index (χ0) is 15.3. The van der Waals surface area contributed by atoms with E-state index in [2.05, 4.69) is 10.3 Å². The number of carboxylic acids is 1. The number of pyridine rings is 1. The maximum Gasteiger partial charge on any atom is 0.339 e. The molecule has 0 saturated carbocycles. The summed E-state index contributed by atoms with van der Waals surface area (Å²) >= 11 is 0. The number of hydrogen-bond acceptors (Lipinski definition) is 6. The van der Waals surface area contributed by atoms with E-state index in [-0.39, 0.29) is 17.1 Å². The minimum atomic E-state index is -1.28. The highest BCUT2D eigenvalue weighted by Gasteiger charge is 2.21. The molecule has 20 heavy (non-hydrogen) atoms. The molecule has 0 amide bonds. The number of anilines is 1. The molecule has 0 fully saturated rings. The summed E-state index contributed by atoms with van der Waals surface area (Å²) in [5, 5.41) is 22.5. The Balaban J connectivity index is 2.95. The summed E-state index contributed by atoms with van der Waals surface area (Å²) < 4.78 is 5.47. The average molecular weight is 283 g/mol. The maximum atomic E-state index is 11.1. The van der Waals surface area contributed by atoms with Crippen LogP contribution in [0.3, 0.4) is 0 Å². The first-order valence-electron chi connectivity index (χ1n) is 6.02. The Hall–Kier alpha value is -2.22. The van der Waals surface area contributed by atoms with Crippen molar-refractivity contribution in [1.82, 2.24) is 4.98 Å². The molecule has 110 valence electrons. The van der Waals surface area contributed by atoms with E-state index in [9.17, 15) is 14.9 Å². The van der Waals surface area contributed by atoms with Crippen molar-refractivity contribution in [3.63, 3.8) is 0 Å². The lowest BCUT2D eigenvalue weighted by molar-refractivity contribution is -0.385. The molecule has 0 aliphatic heterocycles. The molecule has 8 nitrogen and oxygen atoms in total. The first-order valence-corrected chi connectivity index (χ1v) is 6.02. The van der Waals surface area contributed by atoms with Crippen molar-refractivity contribution in [1.29, 1.82) is 0 Å². The molecule has 0 aliphatic rings. The van der Waals surface area contributed by atoms with Gasteiger partial charge in [-0.05, 0) is 20.8 Å². The van der Waals surface area contributed by atoms with Gasteiger partial charge < -0.3 is 15.2 Å². The van der Waals surface area contributed by atoms with Gasteiger partial charge in [-0.15, -0.1) is 0 Å². The molecule has 0 radical (unpaired) electrons. The lowest BCUT2D eigenvalue weighted by Gasteiger charge is -2.25. The van der Waals surface area contributed by atoms with Crippen molar-refractivity contribution in [2.75, 3.05) is 18.5 Å². The Morgan fingerprint density at radius 1 is 1.60 bits per heavy atom. The number of aromatic carboxylic acids is 1. The van der Waals surface area contributed by atoms with E-state index in [1.165, 1.54) is 0 Å². The summed E-state index contributed by atoms with van der Waals surface area (Å²) in [5.41, 5.74) is -1.11. The van der Waals surface area contributed by atoms with Crippen LogP contribution in [0.15, 0.2) is 12.3 Å². The van der Waals surface area contributed by atoms with Crippen molar-refractivity contribution in [2.24, 2.45) is 0 Å². The van der Waals surface area contributed by atoms with Crippen molar-refractivity contribution < 1.29 is 19.6 Å². The van der Waals surface area contributed by atoms with Gasteiger partial charge in [-0.2, -0.15) is 0 Å². The molecule has 0 bridgehead atoms. The SMILES string of the molecule is CCOC(C)(C)CNc1ncc([N+](=O)[O-])cc1C(=O)O. The average Bonchev–Trinajstić information content (AvgIpc) is 2.36. The Morgan fingerprint density at radius 3 is 2.75 bits per heavy atom. The molecule has 2 N–H and O–H groups in total. The largest absolute Gasteiger partial charge is 0.478 e. The van der Waals surface area contributed by atoms with Crippen molar-refractivity contribution >= 4 is 17.5 Å². The van der Waals surface area contributed by atoms with Gasteiger partial charge in [0.1, 0.15) is 17.6 Å². The first-order chi connectivity index (χ1) is 9.26. The number of carboxylic acid groups (broad SMARTS) is 1. The summed E-state index contributed by atoms with van der Waals surface area (Å²) in [4.78, 5) is 24.8. The van der Waals surface area contributed by atoms with E-state index in [0.717, 1.165) is 12.3 Å². The van der Waals surface area contributed by atoms with Gasteiger partial charge in [0.15, 0.2) is 0 Å². The number of nitrogens with zero attached hydrogens (tertiary/aromatic N) is 2. The second kappa shape index (κ2) is 6.29. The lowest BCUT2D eigenvalue weighted by Crippen LogP contribution is -2.34. The summed E-state index contributed by atoms with van der Waals surface area (Å²) in [6.45, 7) is 6.39. The fraction of sp³-hybridized carbons (Fsp3) is 0.500. The topological polar surface area (TPSA) is 115 Å². The van der Waals surface area contributed by atoms with Gasteiger partial charge in [0.05, 0.1) is 10.5 Å². The summed E-state index contributed by atoms with van der Waals surface area (Å²) in [7, 11) is 0. The maximum absolute atomic E-state index is 11.1. The smallest absolute Gasteiger partial charge is 0.339 e. The monoisotopic (exact) mass is 283 g/mol. The third-order valence-electron chi connectivity index (χ3n) is 2.53. The second-order valence-electron chi connectivity index (χ2n) is 4.70. The van der Waals surface area contributed by atoms with E-state index in [4.69, 9.17) is 9.84 Å². The fourth-order valence-corrected chi connectivity index (χ4v) is 1.60. The van der Waals surface area contributed by atoms with Gasteiger partial charge in [0, 0.05) is 19.2 Å². The summed E-state index contributed by atoms with van der Waals surface area (Å²) in [5.74, 6) is -1.20. The van der Waals surface area contributed by atoms with Gasteiger partial charge in [-0.1, -0.05) is 0 Å². The third kappa shape index (κ3) is 4.16. The fourth-order valence-electron chi connectivity index (χ4n) is 1.60. The summed E-state index contributed by atoms with van der Waals surface area (Å²) in [6.07, 6.45) is 1.02. The van der Waals surface area contributed by atoms with Crippen LogP contribution < -0.4 is 5.32 Å². The highest BCUT2D eigenvalue weighted by Crippen LogP contribution is 2.20. The molecule has 1 heterocycles. The van der Waals surface area contributed by atoms with Crippen LogP contribution in [-0.2, 0) is 4.74 Å². The van der Waals surface area contributed by atoms with Crippen LogP contribution >= 0.6 is 0 Å². The zero-order valence-electron chi connectivity index (χ0n) is 11.5. The van der Waals surface area contributed by atoms with Gasteiger partial charge in [-0.25, -0.2) is 9.78 Å². The summed E-state index contributed by atoms with van der Waals surface area (Å²) in [6, 6.07) is 0.978. The molecule has 0 spiro atoms. The van der Waals surface area contributed by atoms with Crippen LogP contribution in [0.25, 0.3) is 0 Å². The molecule has 0 aliphatic carbocycles. The molecular weight excluding hydrogens is 266 g/mol. The Morgan fingerprint density at radius 2 is 2.25 bits per heavy atom. The van der Waals surface area contributed by atoms with Crippen LogP contribution in [-0.4, -0.2) is 39.7 Å². The second-order valence-corrected chi connectivity index (χ2v) is 4.70. The predicted octanol–water partition coefficient (Wildman–Crippen LogP) is 1.91. The van der Waals surface area contributed by atoms with Crippen molar-refractivity contribution in [3.05, 3.63) is 27.9 Å². The molecule has 0 saturated heterocycles. The number of aromatic nitrogens is 1. The van der Waals surface area contributed by atoms with E-state index >= 15 is 0 Å². The van der Waals surface area contributed by atoms with Gasteiger partial charge in [0.2, 0.25) is 0 Å². The number of carbonyl (C=O) groups is 1. The highest BCUT2D eigenvalue weighted by molar-refractivity contribution is 5.93.